The van der Waals surface area contributed by atoms with Gasteiger partial charge in [-0.3, -0.25) is 4.79 Å². The van der Waals surface area contributed by atoms with Crippen LogP contribution in [0, 0.1) is 5.92 Å². The van der Waals surface area contributed by atoms with Crippen LogP contribution in [0.15, 0.2) is 35.4 Å². The van der Waals surface area contributed by atoms with Gasteiger partial charge in [0, 0.05) is 12.1 Å². The normalized spacial score (nSPS) is 26.9. The summed E-state index contributed by atoms with van der Waals surface area (Å²) in [5.41, 5.74) is -2.07. The number of alkyl halides is 3. The number of benzene rings is 1. The van der Waals surface area contributed by atoms with Gasteiger partial charge in [0.15, 0.2) is 0 Å². The van der Waals surface area contributed by atoms with Crippen molar-refractivity contribution in [1.82, 2.24) is 5.01 Å². The Morgan fingerprint density at radius 3 is 2.67 bits per heavy atom. The first-order chi connectivity index (χ1) is 11.3. The monoisotopic (exact) mass is 340 g/mol. The molecule has 1 aromatic rings. The summed E-state index contributed by atoms with van der Waals surface area (Å²) in [5, 5.41) is 14.6. The highest BCUT2D eigenvalue weighted by molar-refractivity contribution is 5.93. The molecule has 1 N–H and O–H groups in total. The lowest BCUT2D eigenvalue weighted by molar-refractivity contribution is -0.317. The number of carbonyl (C=O) groups excluding carboxylic acids is 1. The van der Waals surface area contributed by atoms with E-state index < -0.39 is 23.7 Å². The van der Waals surface area contributed by atoms with Crippen molar-refractivity contribution in [3.63, 3.8) is 0 Å². The summed E-state index contributed by atoms with van der Waals surface area (Å²) in [6.07, 6.45) is -2.86. The first-order valence-corrected chi connectivity index (χ1v) is 8.07. The van der Waals surface area contributed by atoms with E-state index >= 15 is 0 Å². The molecule has 1 saturated carbocycles. The highest BCUT2D eigenvalue weighted by Crippen LogP contribution is 2.48. The van der Waals surface area contributed by atoms with Crippen LogP contribution in [0.2, 0.25) is 0 Å². The Hall–Kier alpha value is -1.89. The zero-order valence-electron chi connectivity index (χ0n) is 13.1. The summed E-state index contributed by atoms with van der Waals surface area (Å²) >= 11 is 0. The largest absolute Gasteiger partial charge is 0.439 e. The molecule has 0 saturated heterocycles. The van der Waals surface area contributed by atoms with E-state index in [1.54, 1.807) is 24.3 Å². The standard InChI is InChI=1S/C17H19F3N2O2/c18-17(19,20)16(24)13-8-4-5-9-14(13)21-22(16)15(23)11-10-12-6-2-1-3-7-12/h1-3,6-7,13,24H,4-5,8-11H2/t13-,16-/m0/s1. The highest BCUT2D eigenvalue weighted by atomic mass is 19.4. The molecular formula is C17H19F3N2O2. The SMILES string of the molecule is O=C(CCc1ccccc1)N1N=C2CCCC[C@@H]2[C@]1(O)C(F)(F)F. The molecule has 0 aromatic heterocycles. The smallest absolute Gasteiger partial charge is 0.362 e. The molecule has 1 amide bonds. The van der Waals surface area contributed by atoms with E-state index in [1.165, 1.54) is 0 Å². The van der Waals surface area contributed by atoms with Gasteiger partial charge in [0.05, 0.1) is 5.92 Å². The molecule has 3 rings (SSSR count). The quantitative estimate of drug-likeness (QED) is 0.918. The Kier molecular flexibility index (Phi) is 4.38. The van der Waals surface area contributed by atoms with Crippen LogP contribution >= 0.6 is 0 Å². The number of rotatable bonds is 3. The third-order valence-corrected chi connectivity index (χ3v) is 4.74. The Morgan fingerprint density at radius 2 is 2.00 bits per heavy atom. The molecule has 1 aromatic carbocycles. The van der Waals surface area contributed by atoms with Crippen LogP contribution in [0.25, 0.3) is 0 Å². The molecule has 0 bridgehead atoms. The van der Waals surface area contributed by atoms with Gasteiger partial charge >= 0.3 is 6.18 Å². The zero-order chi connectivity index (χ0) is 17.4. The van der Waals surface area contributed by atoms with Crippen LogP contribution in [0.3, 0.4) is 0 Å². The molecular weight excluding hydrogens is 321 g/mol. The van der Waals surface area contributed by atoms with Crippen molar-refractivity contribution in [3.8, 4) is 0 Å². The Morgan fingerprint density at radius 1 is 1.29 bits per heavy atom. The molecule has 1 fully saturated rings. The Balaban J connectivity index is 1.81. The number of hydrogen-bond acceptors (Lipinski definition) is 3. The van der Waals surface area contributed by atoms with Crippen molar-refractivity contribution in [2.75, 3.05) is 0 Å². The Bertz CT molecular complexity index is 645. The molecule has 130 valence electrons. The zero-order valence-corrected chi connectivity index (χ0v) is 13.1. The fourth-order valence-corrected chi connectivity index (χ4v) is 3.47. The Labute approximate surface area is 138 Å². The van der Waals surface area contributed by atoms with Crippen molar-refractivity contribution < 1.29 is 23.1 Å². The molecule has 0 unspecified atom stereocenters. The van der Waals surface area contributed by atoms with Crippen molar-refractivity contribution in [2.45, 2.75) is 50.4 Å². The number of hydrogen-bond donors (Lipinski definition) is 1. The maximum Gasteiger partial charge on any atom is 0.439 e. The predicted molar refractivity (Wildman–Crippen MR) is 82.0 cm³/mol. The third kappa shape index (κ3) is 2.81. The van der Waals surface area contributed by atoms with Gasteiger partial charge in [-0.05, 0) is 31.2 Å². The van der Waals surface area contributed by atoms with Gasteiger partial charge in [0.2, 0.25) is 5.91 Å². The van der Waals surface area contributed by atoms with E-state index in [0.29, 0.717) is 24.3 Å². The number of amides is 1. The summed E-state index contributed by atoms with van der Waals surface area (Å²) in [7, 11) is 0. The maximum atomic E-state index is 13.6. The van der Waals surface area contributed by atoms with Crippen LogP contribution in [0.5, 0.6) is 0 Å². The van der Waals surface area contributed by atoms with E-state index in [4.69, 9.17) is 0 Å². The van der Waals surface area contributed by atoms with Gasteiger partial charge in [-0.15, -0.1) is 0 Å². The fraction of sp³-hybridized carbons (Fsp3) is 0.529. The lowest BCUT2D eigenvalue weighted by atomic mass is 9.80. The van der Waals surface area contributed by atoms with Gasteiger partial charge in [-0.1, -0.05) is 36.8 Å². The second-order valence-electron chi connectivity index (χ2n) is 6.30. The predicted octanol–water partition coefficient (Wildman–Crippen LogP) is 3.26. The molecule has 0 spiro atoms. The summed E-state index contributed by atoms with van der Waals surface area (Å²) in [5.74, 6) is -1.95. The van der Waals surface area contributed by atoms with Crippen LogP contribution in [-0.2, 0) is 11.2 Å². The van der Waals surface area contributed by atoms with Crippen molar-refractivity contribution in [2.24, 2.45) is 11.0 Å². The van der Waals surface area contributed by atoms with Crippen LogP contribution in [0.1, 0.15) is 37.7 Å². The molecule has 2 aliphatic rings. The van der Waals surface area contributed by atoms with Gasteiger partial charge in [-0.2, -0.15) is 23.3 Å². The number of fused-ring (bicyclic) bond motifs is 1. The molecule has 7 heteroatoms. The maximum absolute atomic E-state index is 13.6. The van der Waals surface area contributed by atoms with Gasteiger partial charge in [-0.25, -0.2) is 0 Å². The van der Waals surface area contributed by atoms with E-state index in [2.05, 4.69) is 5.10 Å². The van der Waals surface area contributed by atoms with E-state index in [0.717, 1.165) is 12.0 Å². The van der Waals surface area contributed by atoms with Crippen molar-refractivity contribution in [1.29, 1.82) is 0 Å². The summed E-state index contributed by atoms with van der Waals surface area (Å²) in [6.45, 7) is 0. The number of aryl methyl sites for hydroxylation is 1. The van der Waals surface area contributed by atoms with Crippen molar-refractivity contribution in [3.05, 3.63) is 35.9 Å². The average Bonchev–Trinajstić information content (AvgIpc) is 2.88. The minimum Gasteiger partial charge on any atom is -0.362 e. The first kappa shape index (κ1) is 17.0. The summed E-state index contributed by atoms with van der Waals surface area (Å²) < 4.78 is 40.7. The van der Waals surface area contributed by atoms with E-state index in [9.17, 15) is 23.1 Å². The second kappa shape index (κ2) is 6.20. The summed E-state index contributed by atoms with van der Waals surface area (Å²) in [6, 6.07) is 9.04. The van der Waals surface area contributed by atoms with Crippen LogP contribution in [0.4, 0.5) is 13.2 Å². The molecule has 1 aliphatic heterocycles. The molecule has 1 heterocycles. The lowest BCUT2D eigenvalue weighted by Crippen LogP contribution is -2.61. The third-order valence-electron chi connectivity index (χ3n) is 4.74. The second-order valence-corrected chi connectivity index (χ2v) is 6.30. The molecule has 24 heavy (non-hydrogen) atoms. The lowest BCUT2D eigenvalue weighted by Gasteiger charge is -2.38. The number of carbonyl (C=O) groups is 1. The fourth-order valence-electron chi connectivity index (χ4n) is 3.47. The van der Waals surface area contributed by atoms with Crippen molar-refractivity contribution >= 4 is 11.6 Å². The van der Waals surface area contributed by atoms with Crippen LogP contribution in [-0.4, -0.2) is 33.6 Å². The van der Waals surface area contributed by atoms with Crippen LogP contribution < -0.4 is 0 Å². The number of nitrogens with zero attached hydrogens (tertiary/aromatic N) is 2. The minimum atomic E-state index is -4.94. The summed E-state index contributed by atoms with van der Waals surface area (Å²) in [4.78, 5) is 12.4. The highest BCUT2D eigenvalue weighted by Gasteiger charge is 2.68. The molecule has 1 aliphatic carbocycles. The molecule has 0 radical (unpaired) electrons. The molecule has 2 atom stereocenters. The topological polar surface area (TPSA) is 52.9 Å². The van der Waals surface area contributed by atoms with E-state index in [-0.39, 0.29) is 18.6 Å². The van der Waals surface area contributed by atoms with Gasteiger partial charge in [0.1, 0.15) is 0 Å². The van der Waals surface area contributed by atoms with Gasteiger partial charge < -0.3 is 5.11 Å². The number of hydrazone groups is 1. The molecule has 4 nitrogen and oxygen atoms in total. The number of halogens is 3. The number of aliphatic hydroxyl groups is 1. The minimum absolute atomic E-state index is 0.133. The first-order valence-electron chi connectivity index (χ1n) is 8.07. The van der Waals surface area contributed by atoms with Gasteiger partial charge in [0.25, 0.3) is 5.72 Å². The average molecular weight is 340 g/mol. The van der Waals surface area contributed by atoms with E-state index in [1.807, 2.05) is 6.07 Å².